The average Bonchev–Trinajstić information content (AvgIpc) is 2.92. The fraction of sp³-hybridized carbons (Fsp3) is 0.200. The lowest BCUT2D eigenvalue weighted by atomic mass is 9.92. The largest absolute Gasteiger partial charge is 0.488 e. The molecule has 5 rings (SSSR count). The van der Waals surface area contributed by atoms with Crippen LogP contribution in [0.4, 0.5) is 13.2 Å². The zero-order valence-corrected chi connectivity index (χ0v) is 22.1. The van der Waals surface area contributed by atoms with Crippen LogP contribution in [0.1, 0.15) is 25.2 Å². The maximum Gasteiger partial charge on any atom is 0.203 e. The first-order chi connectivity index (χ1) is 19.6. The van der Waals surface area contributed by atoms with Crippen LogP contribution in [0.25, 0.3) is 22.1 Å². The minimum Gasteiger partial charge on any atom is -0.488 e. The Morgan fingerprint density at radius 1 is 1.10 bits per heavy atom. The van der Waals surface area contributed by atoms with Crippen molar-refractivity contribution in [2.75, 3.05) is 0 Å². The van der Waals surface area contributed by atoms with Crippen molar-refractivity contribution in [2.24, 2.45) is 21.6 Å². The van der Waals surface area contributed by atoms with E-state index >= 15 is 0 Å². The van der Waals surface area contributed by atoms with E-state index in [1.54, 1.807) is 19.9 Å². The van der Waals surface area contributed by atoms with Gasteiger partial charge in [0.25, 0.3) is 0 Å². The molecule has 0 aliphatic carbocycles. The third-order valence-electron chi connectivity index (χ3n) is 6.51. The molecule has 1 aliphatic rings. The fourth-order valence-electron chi connectivity index (χ4n) is 4.68. The Morgan fingerprint density at radius 2 is 1.88 bits per heavy atom. The molecular formula is C30H26F3N5O3. The summed E-state index contributed by atoms with van der Waals surface area (Å²) < 4.78 is 54.9. The molecule has 0 saturated carbocycles. The van der Waals surface area contributed by atoms with Crippen molar-refractivity contribution < 1.29 is 22.3 Å². The van der Waals surface area contributed by atoms with Crippen LogP contribution < -0.4 is 21.2 Å². The fourth-order valence-corrected chi connectivity index (χ4v) is 4.68. The Labute approximate surface area is 232 Å². The number of nitrogens with two attached hydrogens (primary N) is 1. The van der Waals surface area contributed by atoms with Gasteiger partial charge in [-0.3, -0.25) is 15.1 Å². The van der Waals surface area contributed by atoms with E-state index in [0.717, 1.165) is 12.1 Å². The number of nitrogens with zero attached hydrogens (tertiary/aromatic N) is 2. The van der Waals surface area contributed by atoms with Crippen LogP contribution in [-0.4, -0.2) is 30.2 Å². The first kappa shape index (κ1) is 27.8. The number of nitrogens with one attached hydrogen (secondary N) is 2. The van der Waals surface area contributed by atoms with Gasteiger partial charge in [0.05, 0.1) is 29.8 Å². The molecule has 2 unspecified atom stereocenters. The van der Waals surface area contributed by atoms with Gasteiger partial charge < -0.3 is 20.3 Å². The molecular weight excluding hydrogens is 535 g/mol. The molecule has 4 N–H and O–H groups in total. The van der Waals surface area contributed by atoms with Gasteiger partial charge in [-0.15, -0.1) is 0 Å². The number of benzene rings is 3. The quantitative estimate of drug-likeness (QED) is 0.256. The van der Waals surface area contributed by atoms with Gasteiger partial charge in [0.1, 0.15) is 46.7 Å². The monoisotopic (exact) mass is 561 g/mol. The molecule has 41 heavy (non-hydrogen) atoms. The summed E-state index contributed by atoms with van der Waals surface area (Å²) in [6.07, 6.45) is 0.141. The van der Waals surface area contributed by atoms with E-state index in [0.29, 0.717) is 0 Å². The van der Waals surface area contributed by atoms with Crippen molar-refractivity contribution in [1.82, 2.24) is 5.32 Å². The first-order valence-corrected chi connectivity index (χ1v) is 12.8. The maximum atomic E-state index is 14.7. The predicted molar refractivity (Wildman–Crippen MR) is 151 cm³/mol. The average molecular weight is 562 g/mol. The molecule has 0 spiro atoms. The number of rotatable bonds is 8. The van der Waals surface area contributed by atoms with Crippen molar-refractivity contribution in [3.63, 3.8) is 0 Å². The lowest BCUT2D eigenvalue weighted by Gasteiger charge is -2.27. The number of hydrogen-bond acceptors (Lipinski definition) is 8. The van der Waals surface area contributed by atoms with E-state index in [9.17, 15) is 18.0 Å². The Bertz CT molecular complexity index is 1770. The van der Waals surface area contributed by atoms with Crippen molar-refractivity contribution in [2.45, 2.75) is 32.7 Å². The van der Waals surface area contributed by atoms with E-state index in [4.69, 9.17) is 20.3 Å². The van der Waals surface area contributed by atoms with Crippen molar-refractivity contribution in [1.29, 1.82) is 5.41 Å². The van der Waals surface area contributed by atoms with E-state index in [1.807, 2.05) is 0 Å². The molecule has 0 bridgehead atoms. The molecule has 3 aromatic carbocycles. The normalized spacial score (nSPS) is 16.7. The molecule has 210 valence electrons. The SMILES string of the molecule is CC(C)Oc1ccc(C(=N)C2C(N)=NC=NC2NCc2oc3cccc(F)c3c(=O)c2-c2cccc(F)c2)cc1F. The molecule has 0 fully saturated rings. The summed E-state index contributed by atoms with van der Waals surface area (Å²) in [5, 5.41) is 11.7. The second-order valence-electron chi connectivity index (χ2n) is 9.70. The first-order valence-electron chi connectivity index (χ1n) is 12.8. The zero-order valence-electron chi connectivity index (χ0n) is 22.1. The van der Waals surface area contributed by atoms with E-state index in [2.05, 4.69) is 15.3 Å². The van der Waals surface area contributed by atoms with E-state index < -0.39 is 35.0 Å². The highest BCUT2D eigenvalue weighted by atomic mass is 19.1. The van der Waals surface area contributed by atoms with E-state index in [-0.39, 0.29) is 63.4 Å². The molecule has 0 radical (unpaired) electrons. The molecule has 1 aliphatic heterocycles. The molecule has 0 amide bonds. The standard InChI is InChI=1S/C30H26F3N5O3/c1-15(2)40-21-10-9-17(12-20(21)33)27(34)26-29(35)37-14-38-30(26)36-13-23-24(16-5-3-6-18(31)11-16)28(39)25-19(32)7-4-8-22(25)41-23/h3-12,14-15,26,30,34,36H,13H2,1-2H3,(H2,35,37,38). The Kier molecular flexibility index (Phi) is 7.71. The Balaban J connectivity index is 1.49. The Hall–Kier alpha value is -4.77. The van der Waals surface area contributed by atoms with Crippen LogP contribution in [-0.2, 0) is 6.54 Å². The van der Waals surface area contributed by atoms with Crippen LogP contribution in [0.2, 0.25) is 0 Å². The van der Waals surface area contributed by atoms with Crippen LogP contribution in [0.3, 0.4) is 0 Å². The second-order valence-corrected chi connectivity index (χ2v) is 9.70. The molecule has 1 aromatic heterocycles. The number of halogens is 3. The Morgan fingerprint density at radius 3 is 2.61 bits per heavy atom. The highest BCUT2D eigenvalue weighted by molar-refractivity contribution is 6.15. The minimum absolute atomic E-state index is 0.0173. The van der Waals surface area contributed by atoms with Gasteiger partial charge in [-0.2, -0.15) is 0 Å². The molecule has 4 aromatic rings. The summed E-state index contributed by atoms with van der Waals surface area (Å²) in [5.74, 6) is -2.66. The second kappa shape index (κ2) is 11.4. The van der Waals surface area contributed by atoms with Crippen LogP contribution in [0.5, 0.6) is 5.75 Å². The summed E-state index contributed by atoms with van der Waals surface area (Å²) in [5.41, 5.74) is 5.90. The predicted octanol–water partition coefficient (Wildman–Crippen LogP) is 5.16. The summed E-state index contributed by atoms with van der Waals surface area (Å²) in [6, 6.07) is 13.5. The number of amidine groups is 1. The van der Waals surface area contributed by atoms with Gasteiger partial charge >= 0.3 is 0 Å². The molecule has 0 saturated heterocycles. The summed E-state index contributed by atoms with van der Waals surface area (Å²) in [6.45, 7) is 3.43. The lowest BCUT2D eigenvalue weighted by Crippen LogP contribution is -2.47. The number of hydrogen-bond donors (Lipinski definition) is 3. The number of ether oxygens (including phenoxy) is 1. The van der Waals surface area contributed by atoms with Crippen LogP contribution >= 0.6 is 0 Å². The highest BCUT2D eigenvalue weighted by Crippen LogP contribution is 2.28. The van der Waals surface area contributed by atoms with Gasteiger partial charge in [0, 0.05) is 0 Å². The number of fused-ring (bicyclic) bond motifs is 1. The van der Waals surface area contributed by atoms with Gasteiger partial charge in [0.15, 0.2) is 11.6 Å². The highest BCUT2D eigenvalue weighted by Gasteiger charge is 2.32. The smallest absolute Gasteiger partial charge is 0.203 e. The molecule has 11 heteroatoms. The summed E-state index contributed by atoms with van der Waals surface area (Å²) in [7, 11) is 0. The van der Waals surface area contributed by atoms with Crippen LogP contribution in [0.15, 0.2) is 79.9 Å². The van der Waals surface area contributed by atoms with Gasteiger partial charge in [-0.05, 0) is 67.4 Å². The molecule has 8 nitrogen and oxygen atoms in total. The van der Waals surface area contributed by atoms with Crippen molar-refractivity contribution in [3.8, 4) is 16.9 Å². The summed E-state index contributed by atoms with van der Waals surface area (Å²) in [4.78, 5) is 21.8. The molecule has 2 atom stereocenters. The third-order valence-corrected chi connectivity index (χ3v) is 6.51. The molecule has 2 heterocycles. The van der Waals surface area contributed by atoms with Gasteiger partial charge in [0.2, 0.25) is 5.43 Å². The maximum absolute atomic E-state index is 14.7. The zero-order chi connectivity index (χ0) is 29.3. The third kappa shape index (κ3) is 5.62. The van der Waals surface area contributed by atoms with E-state index in [1.165, 1.54) is 48.8 Å². The lowest BCUT2D eigenvalue weighted by molar-refractivity contribution is 0.231. The van der Waals surface area contributed by atoms with Crippen molar-refractivity contribution >= 4 is 28.9 Å². The number of aliphatic imine (C=N–C) groups is 2. The minimum atomic E-state index is -0.904. The van der Waals surface area contributed by atoms with Crippen molar-refractivity contribution in [3.05, 3.63) is 99.7 Å². The van der Waals surface area contributed by atoms with Crippen LogP contribution in [0, 0.1) is 28.8 Å². The van der Waals surface area contributed by atoms with Gasteiger partial charge in [-0.1, -0.05) is 18.2 Å². The topological polar surface area (TPSA) is 126 Å². The summed E-state index contributed by atoms with van der Waals surface area (Å²) >= 11 is 0. The van der Waals surface area contributed by atoms with Gasteiger partial charge in [-0.25, -0.2) is 18.2 Å².